The Morgan fingerprint density at radius 1 is 1.07 bits per heavy atom. The topological polar surface area (TPSA) is 48.5 Å². The van der Waals surface area contributed by atoms with Gasteiger partial charge in [-0.25, -0.2) is 4.98 Å². The number of anilines is 2. The van der Waals surface area contributed by atoms with Gasteiger partial charge in [0.15, 0.2) is 5.13 Å². The highest BCUT2D eigenvalue weighted by Crippen LogP contribution is 2.25. The first-order chi connectivity index (χ1) is 13.7. The summed E-state index contributed by atoms with van der Waals surface area (Å²) in [7, 11) is 0. The molecule has 2 aromatic carbocycles. The monoisotopic (exact) mass is 428 g/mol. The number of piperazine rings is 1. The number of carbonyl (C=O) groups is 1. The lowest BCUT2D eigenvalue weighted by molar-refractivity contribution is -0.113. The minimum absolute atomic E-state index is 0.0747. The summed E-state index contributed by atoms with van der Waals surface area (Å²) in [5.41, 5.74) is 2.15. The Hall–Kier alpha value is -2.16. The number of nitrogens with zero attached hydrogens (tertiary/aromatic N) is 3. The molecule has 0 atom stereocenters. The van der Waals surface area contributed by atoms with Crippen molar-refractivity contribution in [3.63, 3.8) is 0 Å². The molecule has 28 heavy (non-hydrogen) atoms. The molecule has 0 saturated carbocycles. The van der Waals surface area contributed by atoms with Crippen LogP contribution >= 0.6 is 35.3 Å². The van der Waals surface area contributed by atoms with Gasteiger partial charge < -0.3 is 15.1 Å². The van der Waals surface area contributed by atoms with Crippen LogP contribution in [0.15, 0.2) is 54.6 Å². The third-order valence-electron chi connectivity index (χ3n) is 4.53. The molecule has 8 heteroatoms. The Kier molecular flexibility index (Phi) is 6.09. The third-order valence-corrected chi connectivity index (χ3v) is 7.00. The fraction of sp³-hybridized carbons (Fsp3) is 0.250. The molecule has 3 aromatic rings. The molecule has 144 valence electrons. The molecule has 1 aliphatic heterocycles. The van der Waals surface area contributed by atoms with Crippen molar-refractivity contribution in [1.82, 2.24) is 9.88 Å². The van der Waals surface area contributed by atoms with Crippen LogP contribution < -0.4 is 10.2 Å². The predicted octanol–water partition coefficient (Wildman–Crippen LogP) is 4.08. The summed E-state index contributed by atoms with van der Waals surface area (Å²) in [6.07, 6.45) is 0. The number of benzene rings is 2. The van der Waals surface area contributed by atoms with Crippen molar-refractivity contribution in [2.24, 2.45) is 0 Å². The normalized spacial score (nSPS) is 14.3. The number of hydrogen-bond donors (Lipinski definition) is 1. The Morgan fingerprint density at radius 2 is 1.79 bits per heavy atom. The zero-order valence-electron chi connectivity index (χ0n) is 15.2. The van der Waals surface area contributed by atoms with E-state index >= 15 is 0 Å². The highest BCUT2D eigenvalue weighted by atomic mass is 32.2. The summed E-state index contributed by atoms with van der Waals surface area (Å²) >= 11 is 8.44. The maximum absolute atomic E-state index is 12.3. The molecule has 1 saturated heterocycles. The highest BCUT2D eigenvalue weighted by molar-refractivity contribution is 8.23. The largest absolute Gasteiger partial charge is 0.368 e. The zero-order chi connectivity index (χ0) is 19.3. The second kappa shape index (κ2) is 8.89. The average Bonchev–Trinajstić information content (AvgIpc) is 3.15. The first-order valence-corrected chi connectivity index (χ1v) is 11.3. The molecule has 4 rings (SSSR count). The van der Waals surface area contributed by atoms with Gasteiger partial charge in [0.1, 0.15) is 4.32 Å². The van der Waals surface area contributed by atoms with Gasteiger partial charge in [-0.15, -0.1) is 0 Å². The number of rotatable bonds is 4. The number of para-hydroxylation sites is 2. The van der Waals surface area contributed by atoms with Crippen LogP contribution in [0.3, 0.4) is 0 Å². The summed E-state index contributed by atoms with van der Waals surface area (Å²) < 4.78 is 1.85. The van der Waals surface area contributed by atoms with E-state index in [9.17, 15) is 4.79 Å². The van der Waals surface area contributed by atoms with Crippen LogP contribution in [0.2, 0.25) is 0 Å². The van der Waals surface area contributed by atoms with E-state index in [1.54, 1.807) is 0 Å². The van der Waals surface area contributed by atoms with Crippen molar-refractivity contribution in [1.29, 1.82) is 0 Å². The van der Waals surface area contributed by atoms with Crippen LogP contribution in [0.4, 0.5) is 10.8 Å². The molecule has 2 heterocycles. The SMILES string of the molecule is O=C(CSC(=S)N1CCN(c2ccccc2)CC1)Nc1nc2ccccc2s1. The van der Waals surface area contributed by atoms with Crippen molar-refractivity contribution < 1.29 is 4.79 Å². The lowest BCUT2D eigenvalue weighted by atomic mass is 10.2. The Labute approximate surface area is 177 Å². The standard InChI is InChI=1S/C20H20N4OS3/c25-18(22-19-21-16-8-4-5-9-17(16)28-19)14-27-20(26)24-12-10-23(11-13-24)15-6-2-1-3-7-15/h1-9H,10-14H2,(H,21,22,25). The van der Waals surface area contributed by atoms with E-state index in [2.05, 4.69) is 44.4 Å². The fourth-order valence-electron chi connectivity index (χ4n) is 3.09. The van der Waals surface area contributed by atoms with E-state index in [-0.39, 0.29) is 5.91 Å². The van der Waals surface area contributed by atoms with E-state index in [1.807, 2.05) is 30.3 Å². The number of nitrogens with one attached hydrogen (secondary N) is 1. The molecule has 1 fully saturated rings. The first-order valence-electron chi connectivity index (χ1n) is 9.06. The number of amides is 1. The number of thiazole rings is 1. The Morgan fingerprint density at radius 3 is 2.54 bits per heavy atom. The quantitative estimate of drug-likeness (QED) is 0.632. The smallest absolute Gasteiger partial charge is 0.236 e. The van der Waals surface area contributed by atoms with Gasteiger partial charge in [-0.1, -0.05) is 65.6 Å². The molecular formula is C20H20N4OS3. The molecular weight excluding hydrogens is 408 g/mol. The van der Waals surface area contributed by atoms with E-state index in [0.717, 1.165) is 40.7 Å². The van der Waals surface area contributed by atoms with Crippen molar-refractivity contribution in [3.8, 4) is 0 Å². The number of fused-ring (bicyclic) bond motifs is 1. The molecule has 0 radical (unpaired) electrons. The van der Waals surface area contributed by atoms with Crippen LogP contribution in [0.5, 0.6) is 0 Å². The molecule has 1 aromatic heterocycles. The molecule has 1 amide bonds. The van der Waals surface area contributed by atoms with Gasteiger partial charge in [-0.05, 0) is 24.3 Å². The highest BCUT2D eigenvalue weighted by Gasteiger charge is 2.20. The van der Waals surface area contributed by atoms with Gasteiger partial charge in [-0.3, -0.25) is 4.79 Å². The minimum atomic E-state index is -0.0747. The average molecular weight is 429 g/mol. The molecule has 5 nitrogen and oxygen atoms in total. The molecule has 0 spiro atoms. The molecule has 0 aliphatic carbocycles. The Balaban J connectivity index is 1.23. The van der Waals surface area contributed by atoms with Gasteiger partial charge in [0.2, 0.25) is 5.91 Å². The third kappa shape index (κ3) is 4.63. The lowest BCUT2D eigenvalue weighted by Gasteiger charge is -2.37. The lowest BCUT2D eigenvalue weighted by Crippen LogP contribution is -2.47. The summed E-state index contributed by atoms with van der Waals surface area (Å²) in [5, 5.41) is 3.51. The number of carbonyl (C=O) groups excluding carboxylic acids is 1. The number of hydrogen-bond acceptors (Lipinski definition) is 6. The van der Waals surface area contributed by atoms with Gasteiger partial charge in [-0.2, -0.15) is 0 Å². The zero-order valence-corrected chi connectivity index (χ0v) is 17.7. The fourth-order valence-corrected chi connectivity index (χ4v) is 5.02. The van der Waals surface area contributed by atoms with E-state index in [0.29, 0.717) is 10.9 Å². The Bertz CT molecular complexity index is 935. The minimum Gasteiger partial charge on any atom is -0.368 e. The summed E-state index contributed by atoms with van der Waals surface area (Å²) in [6.45, 7) is 3.62. The molecule has 1 N–H and O–H groups in total. The molecule has 0 bridgehead atoms. The van der Waals surface area contributed by atoms with E-state index in [1.165, 1.54) is 28.8 Å². The van der Waals surface area contributed by atoms with Crippen LogP contribution in [0.25, 0.3) is 10.2 Å². The van der Waals surface area contributed by atoms with Gasteiger partial charge in [0.25, 0.3) is 0 Å². The number of aromatic nitrogens is 1. The molecule has 1 aliphatic rings. The first kappa shape index (κ1) is 19.2. The second-order valence-corrected chi connectivity index (χ2v) is 9.04. The van der Waals surface area contributed by atoms with Crippen molar-refractivity contribution >= 4 is 66.6 Å². The van der Waals surface area contributed by atoms with E-state index < -0.39 is 0 Å². The summed E-state index contributed by atoms with van der Waals surface area (Å²) in [5.74, 6) is 0.225. The van der Waals surface area contributed by atoms with Gasteiger partial charge in [0, 0.05) is 31.9 Å². The van der Waals surface area contributed by atoms with Crippen molar-refractivity contribution in [2.75, 3.05) is 42.1 Å². The summed E-state index contributed by atoms with van der Waals surface area (Å²) in [4.78, 5) is 21.2. The van der Waals surface area contributed by atoms with Crippen molar-refractivity contribution in [3.05, 3.63) is 54.6 Å². The second-order valence-electron chi connectivity index (χ2n) is 6.40. The van der Waals surface area contributed by atoms with Crippen LogP contribution in [0, 0.1) is 0 Å². The summed E-state index contributed by atoms with van der Waals surface area (Å²) in [6, 6.07) is 18.3. The predicted molar refractivity (Wildman–Crippen MR) is 124 cm³/mol. The van der Waals surface area contributed by atoms with Crippen LogP contribution in [-0.2, 0) is 4.79 Å². The number of thioether (sulfide) groups is 1. The van der Waals surface area contributed by atoms with Gasteiger partial charge in [0.05, 0.1) is 16.0 Å². The van der Waals surface area contributed by atoms with Crippen LogP contribution in [0.1, 0.15) is 0 Å². The maximum atomic E-state index is 12.3. The van der Waals surface area contributed by atoms with Crippen LogP contribution in [-0.4, -0.2) is 52.0 Å². The maximum Gasteiger partial charge on any atom is 0.236 e. The number of thiocarbonyl (C=S) groups is 1. The van der Waals surface area contributed by atoms with Gasteiger partial charge >= 0.3 is 0 Å². The van der Waals surface area contributed by atoms with Crippen molar-refractivity contribution in [2.45, 2.75) is 0 Å². The molecule has 0 unspecified atom stereocenters. The van der Waals surface area contributed by atoms with E-state index in [4.69, 9.17) is 12.2 Å².